The Bertz CT molecular complexity index is 602. The van der Waals surface area contributed by atoms with E-state index < -0.39 is 0 Å². The van der Waals surface area contributed by atoms with Crippen molar-refractivity contribution in [2.45, 2.75) is 65.8 Å². The van der Waals surface area contributed by atoms with Crippen LogP contribution in [0.25, 0.3) is 0 Å². The first-order chi connectivity index (χ1) is 13.1. The van der Waals surface area contributed by atoms with Crippen LogP contribution in [0.2, 0.25) is 0 Å². The van der Waals surface area contributed by atoms with E-state index in [1.54, 1.807) is 0 Å². The van der Waals surface area contributed by atoms with E-state index in [2.05, 4.69) is 36.1 Å². The topological polar surface area (TPSA) is 80.0 Å². The molecule has 0 atom stereocenters. The summed E-state index contributed by atoms with van der Waals surface area (Å²) in [6.07, 6.45) is 3.71. The van der Waals surface area contributed by atoms with Crippen molar-refractivity contribution in [3.8, 4) is 0 Å². The van der Waals surface area contributed by atoms with Crippen LogP contribution < -0.4 is 5.32 Å². The zero-order valence-electron chi connectivity index (χ0n) is 17.2. The summed E-state index contributed by atoms with van der Waals surface area (Å²) in [6.45, 7) is 11.5. The van der Waals surface area contributed by atoms with Crippen molar-refractivity contribution in [2.24, 2.45) is 10.9 Å². The summed E-state index contributed by atoms with van der Waals surface area (Å²) >= 11 is 0. The molecular weight excluding hydrogens is 344 g/mol. The molecule has 2 heterocycles. The lowest BCUT2D eigenvalue weighted by atomic mass is 9.97. The normalized spacial score (nSPS) is 16.0. The number of rotatable bonds is 8. The van der Waals surface area contributed by atoms with E-state index >= 15 is 0 Å². The molecule has 0 spiro atoms. The van der Waals surface area contributed by atoms with Gasteiger partial charge in [0.25, 0.3) is 0 Å². The standard InChI is InChI=1S/C20H34N4O3/c1-5-15(6-2)18-13-17(27-23-18)14-22-20(21-7-3)24-11-9-16(10-12-24)19(25)26-8-4/h13,15-16H,5-12,14H2,1-4H3,(H,21,22). The first-order valence-corrected chi connectivity index (χ1v) is 10.3. The number of nitrogens with zero attached hydrogens (tertiary/aromatic N) is 3. The summed E-state index contributed by atoms with van der Waals surface area (Å²) in [5, 5.41) is 7.55. The molecule has 152 valence electrons. The van der Waals surface area contributed by atoms with E-state index in [9.17, 15) is 4.79 Å². The maximum atomic E-state index is 11.9. The van der Waals surface area contributed by atoms with E-state index in [1.807, 2.05) is 13.0 Å². The molecule has 1 aromatic rings. The minimum atomic E-state index is -0.0744. The molecule has 7 nitrogen and oxygen atoms in total. The number of carbonyl (C=O) groups is 1. The first-order valence-electron chi connectivity index (χ1n) is 10.3. The summed E-state index contributed by atoms with van der Waals surface area (Å²) < 4.78 is 10.6. The molecule has 0 unspecified atom stereocenters. The van der Waals surface area contributed by atoms with Crippen LogP contribution in [0.15, 0.2) is 15.6 Å². The Kier molecular flexibility index (Phi) is 8.61. The second kappa shape index (κ2) is 10.9. The highest BCUT2D eigenvalue weighted by atomic mass is 16.5. The third kappa shape index (κ3) is 5.97. The number of aliphatic imine (C=N–C) groups is 1. The lowest BCUT2D eigenvalue weighted by Gasteiger charge is -2.33. The number of guanidine groups is 1. The number of nitrogens with one attached hydrogen (secondary N) is 1. The molecule has 27 heavy (non-hydrogen) atoms. The quantitative estimate of drug-likeness (QED) is 0.425. The largest absolute Gasteiger partial charge is 0.466 e. The number of hydrogen-bond acceptors (Lipinski definition) is 5. The third-order valence-electron chi connectivity index (χ3n) is 5.12. The maximum absolute atomic E-state index is 11.9. The summed E-state index contributed by atoms with van der Waals surface area (Å²) in [4.78, 5) is 18.8. The molecule has 1 aromatic heterocycles. The molecule has 0 aliphatic carbocycles. The van der Waals surface area contributed by atoms with Crippen LogP contribution >= 0.6 is 0 Å². The van der Waals surface area contributed by atoms with E-state index in [1.165, 1.54) is 0 Å². The lowest BCUT2D eigenvalue weighted by molar-refractivity contribution is -0.149. The molecule has 0 bridgehead atoms. The molecule has 1 aliphatic rings. The first kappa shape index (κ1) is 21.3. The van der Waals surface area contributed by atoms with Gasteiger partial charge < -0.3 is 19.5 Å². The van der Waals surface area contributed by atoms with Crippen LogP contribution in [0, 0.1) is 5.92 Å². The van der Waals surface area contributed by atoms with Crippen molar-refractivity contribution < 1.29 is 14.1 Å². The van der Waals surface area contributed by atoms with Crippen LogP contribution in [0.5, 0.6) is 0 Å². The fourth-order valence-corrected chi connectivity index (χ4v) is 3.47. The predicted octanol–water partition coefficient (Wildman–Crippen LogP) is 3.32. The van der Waals surface area contributed by atoms with Crippen LogP contribution in [0.4, 0.5) is 0 Å². The number of ether oxygens (including phenoxy) is 1. The van der Waals surface area contributed by atoms with Gasteiger partial charge in [-0.2, -0.15) is 0 Å². The molecule has 2 rings (SSSR count). The zero-order chi connectivity index (χ0) is 19.6. The number of carbonyl (C=O) groups excluding carboxylic acids is 1. The minimum absolute atomic E-state index is 0.000861. The molecule has 1 saturated heterocycles. The minimum Gasteiger partial charge on any atom is -0.466 e. The number of piperidine rings is 1. The van der Waals surface area contributed by atoms with Gasteiger partial charge in [0.15, 0.2) is 11.7 Å². The van der Waals surface area contributed by atoms with Gasteiger partial charge in [-0.15, -0.1) is 0 Å². The highest BCUT2D eigenvalue weighted by Crippen LogP contribution is 2.23. The van der Waals surface area contributed by atoms with Crippen molar-refractivity contribution in [3.63, 3.8) is 0 Å². The van der Waals surface area contributed by atoms with E-state index in [4.69, 9.17) is 14.3 Å². The Labute approximate surface area is 162 Å². The van der Waals surface area contributed by atoms with Crippen LogP contribution in [-0.2, 0) is 16.1 Å². The van der Waals surface area contributed by atoms with Crippen molar-refractivity contribution in [3.05, 3.63) is 17.5 Å². The lowest BCUT2D eigenvalue weighted by Crippen LogP contribution is -2.46. The van der Waals surface area contributed by atoms with Gasteiger partial charge in [-0.05, 0) is 39.5 Å². The molecule has 0 saturated carbocycles. The van der Waals surface area contributed by atoms with E-state index in [-0.39, 0.29) is 11.9 Å². The Morgan fingerprint density at radius 2 is 2.04 bits per heavy atom. The second-order valence-electron chi connectivity index (χ2n) is 6.92. The Morgan fingerprint density at radius 1 is 1.33 bits per heavy atom. The van der Waals surface area contributed by atoms with Crippen molar-refractivity contribution in [1.29, 1.82) is 0 Å². The van der Waals surface area contributed by atoms with Crippen LogP contribution in [0.3, 0.4) is 0 Å². The van der Waals surface area contributed by atoms with Crippen molar-refractivity contribution >= 4 is 11.9 Å². The van der Waals surface area contributed by atoms with Crippen molar-refractivity contribution in [2.75, 3.05) is 26.2 Å². The summed E-state index contributed by atoms with van der Waals surface area (Å²) in [5.41, 5.74) is 1.02. The van der Waals surface area contributed by atoms with Gasteiger partial charge in [-0.25, -0.2) is 4.99 Å². The number of esters is 1. The molecule has 7 heteroatoms. The number of hydrogen-bond donors (Lipinski definition) is 1. The van der Waals surface area contributed by atoms with Gasteiger partial charge in [0.2, 0.25) is 0 Å². The zero-order valence-corrected chi connectivity index (χ0v) is 17.2. The molecule has 0 radical (unpaired) electrons. The van der Waals surface area contributed by atoms with Crippen LogP contribution in [0.1, 0.15) is 70.8 Å². The molecule has 1 fully saturated rings. The van der Waals surface area contributed by atoms with Gasteiger partial charge in [-0.1, -0.05) is 19.0 Å². The fraction of sp³-hybridized carbons (Fsp3) is 0.750. The fourth-order valence-electron chi connectivity index (χ4n) is 3.47. The summed E-state index contributed by atoms with van der Waals surface area (Å²) in [7, 11) is 0. The smallest absolute Gasteiger partial charge is 0.309 e. The Hall–Kier alpha value is -2.05. The molecule has 1 aliphatic heterocycles. The maximum Gasteiger partial charge on any atom is 0.309 e. The van der Waals surface area contributed by atoms with Gasteiger partial charge in [0.05, 0.1) is 18.2 Å². The van der Waals surface area contributed by atoms with Gasteiger partial charge in [-0.3, -0.25) is 4.79 Å². The van der Waals surface area contributed by atoms with Gasteiger partial charge in [0, 0.05) is 31.6 Å². The number of aromatic nitrogens is 1. The van der Waals surface area contributed by atoms with Gasteiger partial charge in [0.1, 0.15) is 6.54 Å². The third-order valence-corrected chi connectivity index (χ3v) is 5.12. The molecular formula is C20H34N4O3. The van der Waals surface area contributed by atoms with E-state index in [0.29, 0.717) is 19.1 Å². The van der Waals surface area contributed by atoms with Crippen LogP contribution in [-0.4, -0.2) is 48.2 Å². The summed E-state index contributed by atoms with van der Waals surface area (Å²) in [6, 6.07) is 2.03. The highest BCUT2D eigenvalue weighted by molar-refractivity contribution is 5.80. The van der Waals surface area contributed by atoms with Crippen molar-refractivity contribution in [1.82, 2.24) is 15.4 Å². The molecule has 1 N–H and O–H groups in total. The number of likely N-dealkylation sites (tertiary alicyclic amines) is 1. The van der Waals surface area contributed by atoms with Gasteiger partial charge >= 0.3 is 5.97 Å². The molecule has 0 aromatic carbocycles. The second-order valence-corrected chi connectivity index (χ2v) is 6.92. The predicted molar refractivity (Wildman–Crippen MR) is 106 cm³/mol. The average Bonchev–Trinajstić information content (AvgIpc) is 3.15. The Morgan fingerprint density at radius 3 is 2.63 bits per heavy atom. The monoisotopic (exact) mass is 378 g/mol. The SMILES string of the molecule is CCNC(=NCc1cc(C(CC)CC)no1)N1CCC(C(=O)OCC)CC1. The summed E-state index contributed by atoms with van der Waals surface area (Å²) in [5.74, 6) is 2.02. The molecule has 0 amide bonds. The Balaban J connectivity index is 1.96. The highest BCUT2D eigenvalue weighted by Gasteiger charge is 2.27. The average molecular weight is 379 g/mol. The van der Waals surface area contributed by atoms with E-state index in [0.717, 1.165) is 62.7 Å².